The van der Waals surface area contributed by atoms with Gasteiger partial charge in [-0.3, -0.25) is 0 Å². The highest BCUT2D eigenvalue weighted by molar-refractivity contribution is 7.95. The molecule has 1 heterocycles. The average molecular weight is 314 g/mol. The number of rotatable bonds is 4. The molecule has 1 unspecified atom stereocenters. The first-order valence-corrected chi connectivity index (χ1v) is 8.01. The Labute approximate surface area is 119 Å². The SMILES string of the molecule is Cc1sc(S(=O)(=O)C(N)(CN)C(=O)O)c2ccccc12. The minimum absolute atomic E-state index is 0.0547. The Hall–Kier alpha value is -1.48. The lowest BCUT2D eigenvalue weighted by Gasteiger charge is -2.22. The number of carboxylic acid groups (broad SMARTS) is 1. The summed E-state index contributed by atoms with van der Waals surface area (Å²) in [4.78, 5) is 9.50. The zero-order valence-electron chi connectivity index (χ0n) is 10.7. The number of sulfone groups is 1. The number of benzene rings is 1. The van der Waals surface area contributed by atoms with E-state index in [1.807, 2.05) is 0 Å². The summed E-state index contributed by atoms with van der Waals surface area (Å²) in [6, 6.07) is 6.88. The number of thiophene rings is 1. The van der Waals surface area contributed by atoms with Gasteiger partial charge in [-0.15, -0.1) is 11.3 Å². The van der Waals surface area contributed by atoms with Crippen molar-refractivity contribution >= 4 is 37.9 Å². The fourth-order valence-electron chi connectivity index (χ4n) is 1.89. The van der Waals surface area contributed by atoms with Gasteiger partial charge in [0.05, 0.1) is 0 Å². The summed E-state index contributed by atoms with van der Waals surface area (Å²) in [5.41, 5.74) is 10.8. The van der Waals surface area contributed by atoms with Crippen LogP contribution in [0.3, 0.4) is 0 Å². The number of nitrogens with two attached hydrogens (primary N) is 2. The van der Waals surface area contributed by atoms with E-state index >= 15 is 0 Å². The second-order valence-electron chi connectivity index (χ2n) is 4.39. The molecule has 0 spiro atoms. The lowest BCUT2D eigenvalue weighted by molar-refractivity contribution is -0.139. The lowest BCUT2D eigenvalue weighted by atomic mass is 10.2. The monoisotopic (exact) mass is 314 g/mol. The van der Waals surface area contributed by atoms with E-state index in [-0.39, 0.29) is 4.21 Å². The van der Waals surface area contributed by atoms with Gasteiger partial charge in [-0.1, -0.05) is 24.3 Å². The first kappa shape index (κ1) is 14.9. The van der Waals surface area contributed by atoms with E-state index in [1.165, 1.54) is 0 Å². The van der Waals surface area contributed by atoms with Crippen molar-refractivity contribution in [2.45, 2.75) is 16.0 Å². The smallest absolute Gasteiger partial charge is 0.341 e. The molecule has 0 aliphatic rings. The van der Waals surface area contributed by atoms with Gasteiger partial charge in [-0.25, -0.2) is 13.2 Å². The molecular weight excluding hydrogens is 300 g/mol. The van der Waals surface area contributed by atoms with Crippen molar-refractivity contribution in [3.8, 4) is 0 Å². The van der Waals surface area contributed by atoms with Gasteiger partial charge < -0.3 is 16.6 Å². The van der Waals surface area contributed by atoms with Crippen molar-refractivity contribution < 1.29 is 18.3 Å². The van der Waals surface area contributed by atoms with E-state index in [4.69, 9.17) is 16.6 Å². The summed E-state index contributed by atoms with van der Waals surface area (Å²) in [6.45, 7) is 1.07. The van der Waals surface area contributed by atoms with Crippen molar-refractivity contribution in [3.63, 3.8) is 0 Å². The van der Waals surface area contributed by atoms with Gasteiger partial charge in [0.2, 0.25) is 14.7 Å². The summed E-state index contributed by atoms with van der Waals surface area (Å²) < 4.78 is 25.1. The second kappa shape index (κ2) is 4.81. The zero-order chi connectivity index (χ0) is 15.1. The molecule has 2 rings (SSSR count). The Morgan fingerprint density at radius 2 is 1.90 bits per heavy atom. The predicted octanol–water partition coefficient (Wildman–Crippen LogP) is 0.682. The van der Waals surface area contributed by atoms with Crippen molar-refractivity contribution in [1.82, 2.24) is 0 Å². The number of carboxylic acids is 1. The topological polar surface area (TPSA) is 123 Å². The van der Waals surface area contributed by atoms with E-state index in [0.717, 1.165) is 21.6 Å². The quantitative estimate of drug-likeness (QED) is 0.762. The van der Waals surface area contributed by atoms with Gasteiger partial charge in [0.1, 0.15) is 4.21 Å². The number of fused-ring (bicyclic) bond motifs is 1. The highest BCUT2D eigenvalue weighted by Crippen LogP contribution is 2.37. The van der Waals surface area contributed by atoms with Crippen LogP contribution >= 0.6 is 11.3 Å². The number of aryl methyl sites for hydroxylation is 1. The van der Waals surface area contributed by atoms with Crippen LogP contribution in [0.2, 0.25) is 0 Å². The molecule has 6 nitrogen and oxygen atoms in total. The van der Waals surface area contributed by atoms with Gasteiger partial charge in [0.15, 0.2) is 0 Å². The number of aliphatic carboxylic acids is 1. The molecule has 0 saturated carbocycles. The average Bonchev–Trinajstić information content (AvgIpc) is 2.76. The maximum Gasteiger partial charge on any atom is 0.341 e. The van der Waals surface area contributed by atoms with Gasteiger partial charge in [-0.2, -0.15) is 0 Å². The van der Waals surface area contributed by atoms with Crippen LogP contribution in [0.15, 0.2) is 28.5 Å². The molecule has 108 valence electrons. The van der Waals surface area contributed by atoms with Crippen LogP contribution in [0.5, 0.6) is 0 Å². The minimum Gasteiger partial charge on any atom is -0.479 e. The summed E-state index contributed by atoms with van der Waals surface area (Å²) in [6.07, 6.45) is 0. The molecule has 0 bridgehead atoms. The van der Waals surface area contributed by atoms with E-state index in [1.54, 1.807) is 31.2 Å². The highest BCUT2D eigenvalue weighted by Gasteiger charge is 2.49. The Morgan fingerprint density at radius 3 is 2.40 bits per heavy atom. The summed E-state index contributed by atoms with van der Waals surface area (Å²) >= 11 is 1.01. The standard InChI is InChI=1S/C12H14N2O4S2/c1-7-8-4-2-3-5-9(8)10(19-7)20(17,18)12(14,6-13)11(15)16/h2-5H,6,13-14H2,1H3,(H,15,16). The van der Waals surface area contributed by atoms with Crippen LogP contribution < -0.4 is 11.5 Å². The van der Waals surface area contributed by atoms with Crippen LogP contribution in [0.1, 0.15) is 4.88 Å². The first-order valence-electron chi connectivity index (χ1n) is 5.71. The van der Waals surface area contributed by atoms with Crippen LogP contribution in [0.25, 0.3) is 10.8 Å². The fourth-order valence-corrected chi connectivity index (χ4v) is 5.26. The molecule has 1 aromatic carbocycles. The Bertz CT molecular complexity index is 782. The minimum atomic E-state index is -4.28. The van der Waals surface area contributed by atoms with Crippen molar-refractivity contribution in [3.05, 3.63) is 29.1 Å². The van der Waals surface area contributed by atoms with Crippen LogP contribution in [0.4, 0.5) is 0 Å². The molecule has 0 fully saturated rings. The van der Waals surface area contributed by atoms with Gasteiger partial charge >= 0.3 is 5.97 Å². The van der Waals surface area contributed by atoms with E-state index < -0.39 is 27.2 Å². The molecule has 8 heteroatoms. The van der Waals surface area contributed by atoms with E-state index in [0.29, 0.717) is 5.39 Å². The van der Waals surface area contributed by atoms with E-state index in [2.05, 4.69) is 0 Å². The predicted molar refractivity (Wildman–Crippen MR) is 77.4 cm³/mol. The van der Waals surface area contributed by atoms with Gasteiger partial charge in [-0.05, 0) is 12.3 Å². The lowest BCUT2D eigenvalue weighted by Crippen LogP contribution is -2.59. The third kappa shape index (κ3) is 1.92. The first-order chi connectivity index (χ1) is 9.25. The molecule has 0 aliphatic carbocycles. The molecular formula is C12H14N2O4S2. The summed E-state index contributed by atoms with van der Waals surface area (Å²) in [7, 11) is -4.28. The Kier molecular flexibility index (Phi) is 3.59. The molecule has 1 aromatic heterocycles. The van der Waals surface area contributed by atoms with Crippen molar-refractivity contribution in [2.75, 3.05) is 6.54 Å². The normalized spacial score (nSPS) is 15.2. The number of hydrogen-bond donors (Lipinski definition) is 3. The number of carbonyl (C=O) groups is 1. The molecule has 0 saturated heterocycles. The van der Waals surface area contributed by atoms with Gasteiger partial charge in [0, 0.05) is 16.8 Å². The van der Waals surface area contributed by atoms with Crippen molar-refractivity contribution in [1.29, 1.82) is 0 Å². The summed E-state index contributed by atoms with van der Waals surface area (Å²) in [5.74, 6) is -1.66. The molecule has 0 aliphatic heterocycles. The van der Waals surface area contributed by atoms with Crippen LogP contribution in [-0.2, 0) is 14.6 Å². The molecule has 0 radical (unpaired) electrons. The summed E-state index contributed by atoms with van der Waals surface area (Å²) in [5, 5.41) is 10.4. The Balaban J connectivity index is 2.79. The molecule has 2 aromatic rings. The van der Waals surface area contributed by atoms with Crippen LogP contribution in [-0.4, -0.2) is 30.9 Å². The third-order valence-electron chi connectivity index (χ3n) is 3.16. The van der Waals surface area contributed by atoms with Crippen LogP contribution in [0, 0.1) is 6.92 Å². The molecule has 0 amide bonds. The molecule has 20 heavy (non-hydrogen) atoms. The third-order valence-corrected chi connectivity index (χ3v) is 7.01. The maximum atomic E-state index is 12.6. The maximum absolute atomic E-state index is 12.6. The highest BCUT2D eigenvalue weighted by atomic mass is 32.2. The van der Waals surface area contributed by atoms with E-state index in [9.17, 15) is 13.2 Å². The Morgan fingerprint density at radius 1 is 1.35 bits per heavy atom. The van der Waals surface area contributed by atoms with Crippen molar-refractivity contribution in [2.24, 2.45) is 11.5 Å². The number of hydrogen-bond acceptors (Lipinski definition) is 6. The molecule has 5 N–H and O–H groups in total. The molecule has 1 atom stereocenters. The zero-order valence-corrected chi connectivity index (χ0v) is 12.3. The van der Waals surface area contributed by atoms with Gasteiger partial charge in [0.25, 0.3) is 0 Å². The fraction of sp³-hybridized carbons (Fsp3) is 0.250. The largest absolute Gasteiger partial charge is 0.479 e. The second-order valence-corrected chi connectivity index (χ2v) is 8.02.